The molecule has 0 N–H and O–H groups in total. The number of carbonyl (C=O) groups excluding carboxylic acids is 2. The smallest absolute Gasteiger partial charge is 0.409 e. The van der Waals surface area contributed by atoms with Crippen LogP contribution in [0.15, 0.2) is 18.2 Å². The summed E-state index contributed by atoms with van der Waals surface area (Å²) in [4.78, 5) is 30.6. The quantitative estimate of drug-likeness (QED) is 0.664. The first-order chi connectivity index (χ1) is 15.4. The number of halogens is 1. The van der Waals surface area contributed by atoms with Crippen LogP contribution in [0.1, 0.15) is 44.6 Å². The number of hydrogen-bond acceptors (Lipinski definition) is 5. The van der Waals surface area contributed by atoms with Gasteiger partial charge in [0.1, 0.15) is 12.4 Å². The van der Waals surface area contributed by atoms with Crippen LogP contribution in [0.25, 0.3) is 0 Å². The van der Waals surface area contributed by atoms with Crippen molar-refractivity contribution in [1.82, 2.24) is 9.80 Å². The highest BCUT2D eigenvalue weighted by atomic mass is 19.1. The molecule has 1 unspecified atom stereocenters. The van der Waals surface area contributed by atoms with Crippen molar-refractivity contribution in [3.63, 3.8) is 0 Å². The van der Waals surface area contributed by atoms with Crippen LogP contribution in [-0.4, -0.2) is 80.9 Å². The first-order valence-corrected chi connectivity index (χ1v) is 11.7. The van der Waals surface area contributed by atoms with Gasteiger partial charge < -0.3 is 24.2 Å². The van der Waals surface area contributed by atoms with Gasteiger partial charge in [0.05, 0.1) is 6.61 Å². The van der Waals surface area contributed by atoms with Crippen molar-refractivity contribution in [2.45, 2.75) is 50.5 Å². The highest BCUT2D eigenvalue weighted by molar-refractivity contribution is 5.94. The Morgan fingerprint density at radius 1 is 1.12 bits per heavy atom. The first kappa shape index (κ1) is 23.0. The molecular weight excluding hydrogens is 413 g/mol. The van der Waals surface area contributed by atoms with Gasteiger partial charge in [-0.1, -0.05) is 0 Å². The second-order valence-electron chi connectivity index (χ2n) is 9.26. The van der Waals surface area contributed by atoms with E-state index in [-0.39, 0.29) is 29.8 Å². The number of rotatable bonds is 4. The summed E-state index contributed by atoms with van der Waals surface area (Å²) >= 11 is 0. The van der Waals surface area contributed by atoms with Gasteiger partial charge in [0, 0.05) is 50.8 Å². The number of benzene rings is 1. The van der Waals surface area contributed by atoms with Gasteiger partial charge in [0.2, 0.25) is 5.91 Å². The van der Waals surface area contributed by atoms with E-state index in [2.05, 4.69) is 4.90 Å². The van der Waals surface area contributed by atoms with Crippen LogP contribution in [0, 0.1) is 5.82 Å². The van der Waals surface area contributed by atoms with Crippen LogP contribution < -0.4 is 4.90 Å². The fraction of sp³-hybridized carbons (Fsp3) is 0.667. The van der Waals surface area contributed by atoms with Crippen molar-refractivity contribution in [2.24, 2.45) is 0 Å². The third-order valence-corrected chi connectivity index (χ3v) is 7.40. The zero-order chi connectivity index (χ0) is 22.7. The molecule has 1 aromatic rings. The molecule has 4 rings (SSSR count). The number of carbonyl (C=O) groups is 2. The van der Waals surface area contributed by atoms with Crippen LogP contribution in [-0.2, 0) is 19.7 Å². The van der Waals surface area contributed by atoms with Crippen LogP contribution in [0.4, 0.5) is 14.9 Å². The van der Waals surface area contributed by atoms with Gasteiger partial charge in [-0.15, -0.1) is 0 Å². The molecule has 0 aromatic heterocycles. The summed E-state index contributed by atoms with van der Waals surface area (Å²) in [5.41, 5.74) is 1.68. The Morgan fingerprint density at radius 3 is 2.62 bits per heavy atom. The van der Waals surface area contributed by atoms with E-state index in [1.807, 2.05) is 9.80 Å². The van der Waals surface area contributed by atoms with E-state index in [1.165, 1.54) is 6.07 Å². The van der Waals surface area contributed by atoms with E-state index in [4.69, 9.17) is 9.47 Å². The van der Waals surface area contributed by atoms with E-state index in [1.54, 1.807) is 26.2 Å². The van der Waals surface area contributed by atoms with E-state index in [9.17, 15) is 14.0 Å². The maximum atomic E-state index is 14.1. The number of ether oxygens (including phenoxy) is 2. The van der Waals surface area contributed by atoms with E-state index in [0.717, 1.165) is 63.0 Å². The molecule has 8 heteroatoms. The molecule has 32 heavy (non-hydrogen) atoms. The van der Waals surface area contributed by atoms with Gasteiger partial charge >= 0.3 is 6.09 Å². The van der Waals surface area contributed by atoms with E-state index >= 15 is 0 Å². The highest BCUT2D eigenvalue weighted by Gasteiger charge is 2.46. The molecule has 7 nitrogen and oxygen atoms in total. The summed E-state index contributed by atoms with van der Waals surface area (Å²) < 4.78 is 24.3. The van der Waals surface area contributed by atoms with Crippen LogP contribution in [0.3, 0.4) is 0 Å². The van der Waals surface area contributed by atoms with Crippen molar-refractivity contribution in [1.29, 1.82) is 0 Å². The Morgan fingerprint density at radius 2 is 1.91 bits per heavy atom. The van der Waals surface area contributed by atoms with Gasteiger partial charge in [-0.3, -0.25) is 4.79 Å². The largest absolute Gasteiger partial charge is 0.447 e. The summed E-state index contributed by atoms with van der Waals surface area (Å²) in [5.74, 6) is -0.226. The lowest BCUT2D eigenvalue weighted by molar-refractivity contribution is -0.116. The molecule has 0 aliphatic carbocycles. The second kappa shape index (κ2) is 9.75. The molecule has 2 saturated heterocycles. The maximum Gasteiger partial charge on any atom is 0.409 e. The number of nitrogens with zero attached hydrogens (tertiary/aromatic N) is 3. The molecule has 176 valence electrons. The second-order valence-corrected chi connectivity index (χ2v) is 9.26. The number of fused-ring (bicyclic) bond motifs is 2. The molecule has 0 bridgehead atoms. The molecule has 2 amide bonds. The Labute approximate surface area is 189 Å². The van der Waals surface area contributed by atoms with Crippen LogP contribution in [0.2, 0.25) is 0 Å². The fourth-order valence-electron chi connectivity index (χ4n) is 5.60. The normalized spacial score (nSPS) is 23.2. The lowest BCUT2D eigenvalue weighted by Crippen LogP contribution is -2.49. The van der Waals surface area contributed by atoms with Crippen molar-refractivity contribution < 1.29 is 23.5 Å². The number of methoxy groups -OCH3 is 1. The number of anilines is 1. The predicted molar refractivity (Wildman–Crippen MR) is 119 cm³/mol. The maximum absolute atomic E-state index is 14.1. The van der Waals surface area contributed by atoms with Crippen molar-refractivity contribution >= 4 is 17.7 Å². The van der Waals surface area contributed by atoms with Crippen molar-refractivity contribution in [3.8, 4) is 0 Å². The molecule has 3 aliphatic heterocycles. The average molecular weight is 448 g/mol. The molecule has 1 aromatic carbocycles. The third-order valence-electron chi connectivity index (χ3n) is 7.40. The monoisotopic (exact) mass is 447 g/mol. The lowest BCUT2D eigenvalue weighted by Gasteiger charge is -2.43. The number of hydrogen-bond donors (Lipinski definition) is 0. The van der Waals surface area contributed by atoms with Crippen LogP contribution in [0.5, 0.6) is 0 Å². The van der Waals surface area contributed by atoms with E-state index < -0.39 is 0 Å². The Kier molecular flexibility index (Phi) is 7.00. The van der Waals surface area contributed by atoms with Crippen LogP contribution >= 0.6 is 0 Å². The fourth-order valence-corrected chi connectivity index (χ4v) is 5.60. The zero-order valence-corrected chi connectivity index (χ0v) is 19.1. The number of piperidine rings is 1. The predicted octanol–water partition coefficient (Wildman–Crippen LogP) is 3.16. The highest BCUT2D eigenvalue weighted by Crippen LogP contribution is 2.47. The van der Waals surface area contributed by atoms with Gasteiger partial charge in [0.25, 0.3) is 0 Å². The zero-order valence-electron chi connectivity index (χ0n) is 19.1. The number of likely N-dealkylation sites (tertiary alicyclic amines) is 2. The molecule has 0 radical (unpaired) electrons. The van der Waals surface area contributed by atoms with Gasteiger partial charge in [0.15, 0.2) is 0 Å². The third kappa shape index (κ3) is 4.62. The minimum Gasteiger partial charge on any atom is -0.447 e. The van der Waals surface area contributed by atoms with Crippen molar-refractivity contribution in [3.05, 3.63) is 29.6 Å². The number of amides is 2. The summed E-state index contributed by atoms with van der Waals surface area (Å²) in [7, 11) is 1.59. The molecule has 0 saturated carbocycles. The van der Waals surface area contributed by atoms with Crippen molar-refractivity contribution in [2.75, 3.05) is 57.9 Å². The summed E-state index contributed by atoms with van der Waals surface area (Å²) in [6, 6.07) is 5.26. The molecular formula is C24H34FN3O4. The SMILES string of the molecule is COCCOC(=O)N1CCCC(N2CCC3(CC2)CN(C(C)=O)c2ccc(F)cc23)CC1. The summed E-state index contributed by atoms with van der Waals surface area (Å²) in [6.07, 6.45) is 4.50. The lowest BCUT2D eigenvalue weighted by atomic mass is 9.74. The summed E-state index contributed by atoms with van der Waals surface area (Å²) in [6.45, 7) is 6.17. The molecule has 3 aliphatic rings. The molecule has 3 heterocycles. The van der Waals surface area contributed by atoms with E-state index in [0.29, 0.717) is 25.7 Å². The first-order valence-electron chi connectivity index (χ1n) is 11.7. The Hall–Kier alpha value is -2.19. The Balaban J connectivity index is 1.37. The minimum absolute atomic E-state index is 0.0124. The molecule has 2 fully saturated rings. The molecule has 1 spiro atoms. The van der Waals surface area contributed by atoms with Gasteiger partial charge in [-0.25, -0.2) is 9.18 Å². The topological polar surface area (TPSA) is 62.3 Å². The summed E-state index contributed by atoms with van der Waals surface area (Å²) in [5, 5.41) is 0. The van der Waals surface area contributed by atoms with Gasteiger partial charge in [-0.2, -0.15) is 0 Å². The molecule has 1 atom stereocenters. The standard InChI is InChI=1S/C24H34FN3O4/c1-18(29)28-17-24(21-16-19(25)5-6-22(21)28)8-12-26(13-9-24)20-4-3-10-27(11-7-20)23(30)32-15-14-31-2/h5-6,16,20H,3-4,7-15,17H2,1-2H3. The minimum atomic E-state index is -0.255. The van der Waals surface area contributed by atoms with Gasteiger partial charge in [-0.05, 0) is 69.0 Å². The average Bonchev–Trinajstić information content (AvgIpc) is 2.92. The Bertz CT molecular complexity index is 841.